The van der Waals surface area contributed by atoms with E-state index in [1.807, 2.05) is 30.2 Å². The number of aromatic nitrogens is 2. The van der Waals surface area contributed by atoms with Crippen LogP contribution in [0.1, 0.15) is 5.56 Å². The third-order valence-corrected chi connectivity index (χ3v) is 3.73. The highest BCUT2D eigenvalue weighted by Crippen LogP contribution is 2.28. The summed E-state index contributed by atoms with van der Waals surface area (Å²) in [6, 6.07) is 8.31. The molecule has 1 N–H and O–H groups in total. The van der Waals surface area contributed by atoms with E-state index in [0.717, 1.165) is 38.3 Å². The molecule has 0 atom stereocenters. The Labute approximate surface area is 125 Å². The normalized spacial score (nSPS) is 15.2. The maximum atomic E-state index is 6.00. The second kappa shape index (κ2) is 6.63. The fourth-order valence-electron chi connectivity index (χ4n) is 2.63. The van der Waals surface area contributed by atoms with Gasteiger partial charge in [0, 0.05) is 45.8 Å². The van der Waals surface area contributed by atoms with Gasteiger partial charge in [-0.1, -0.05) is 12.1 Å². The molecule has 1 aliphatic rings. The third-order valence-electron chi connectivity index (χ3n) is 3.73. The molecule has 1 aromatic heterocycles. The van der Waals surface area contributed by atoms with Crippen LogP contribution in [-0.4, -0.2) is 42.6 Å². The van der Waals surface area contributed by atoms with Crippen molar-refractivity contribution in [2.75, 3.05) is 37.7 Å². The zero-order chi connectivity index (χ0) is 14.5. The molecule has 3 rings (SSSR count). The first-order chi connectivity index (χ1) is 10.3. The molecule has 1 aromatic carbocycles. The molecule has 0 aliphatic carbocycles. The van der Waals surface area contributed by atoms with Crippen LogP contribution in [0.3, 0.4) is 0 Å². The Hall–Kier alpha value is -2.01. The fraction of sp³-hybridized carbons (Fsp3) is 0.438. The average Bonchev–Trinajstić information content (AvgIpc) is 2.94. The van der Waals surface area contributed by atoms with Gasteiger partial charge in [-0.2, -0.15) is 5.10 Å². The lowest BCUT2D eigenvalue weighted by molar-refractivity contribution is 0.321. The topological polar surface area (TPSA) is 42.3 Å². The quantitative estimate of drug-likeness (QED) is 0.903. The van der Waals surface area contributed by atoms with Crippen LogP contribution >= 0.6 is 0 Å². The van der Waals surface area contributed by atoms with E-state index in [4.69, 9.17) is 4.74 Å². The summed E-state index contributed by atoms with van der Waals surface area (Å²) in [5.74, 6) is 0.975. The first kappa shape index (κ1) is 13.9. The van der Waals surface area contributed by atoms with Crippen LogP contribution in [0, 0.1) is 0 Å². The molecule has 0 unspecified atom stereocenters. The van der Waals surface area contributed by atoms with Gasteiger partial charge >= 0.3 is 0 Å². The van der Waals surface area contributed by atoms with Crippen LogP contribution in [0.4, 0.5) is 5.69 Å². The number of para-hydroxylation sites is 2. The summed E-state index contributed by atoms with van der Waals surface area (Å²) in [4.78, 5) is 2.38. The molecule has 0 saturated carbocycles. The number of nitrogens with one attached hydrogen (secondary N) is 1. The van der Waals surface area contributed by atoms with E-state index >= 15 is 0 Å². The highest BCUT2D eigenvalue weighted by Gasteiger charge is 2.14. The van der Waals surface area contributed by atoms with Crippen LogP contribution in [0.25, 0.3) is 0 Å². The van der Waals surface area contributed by atoms with Crippen molar-refractivity contribution in [1.82, 2.24) is 15.1 Å². The van der Waals surface area contributed by atoms with Gasteiger partial charge in [0.2, 0.25) is 0 Å². The van der Waals surface area contributed by atoms with Gasteiger partial charge in [-0.3, -0.25) is 4.68 Å². The zero-order valence-corrected chi connectivity index (χ0v) is 12.5. The van der Waals surface area contributed by atoms with Gasteiger partial charge in [-0.15, -0.1) is 0 Å². The number of nitrogens with zero attached hydrogens (tertiary/aromatic N) is 3. The summed E-state index contributed by atoms with van der Waals surface area (Å²) in [7, 11) is 1.93. The monoisotopic (exact) mass is 286 g/mol. The van der Waals surface area contributed by atoms with E-state index in [0.29, 0.717) is 6.61 Å². The minimum absolute atomic E-state index is 0.675. The first-order valence-electron chi connectivity index (χ1n) is 7.48. The molecule has 2 aromatic rings. The van der Waals surface area contributed by atoms with E-state index in [2.05, 4.69) is 33.5 Å². The number of aryl methyl sites for hydroxylation is 1. The Balaban J connectivity index is 1.62. The van der Waals surface area contributed by atoms with E-state index in [1.54, 1.807) is 0 Å². The standard InChI is InChI=1S/C16H22N4O/c1-19-13-14(12-18-19)6-11-21-16-5-3-2-4-15(16)20-9-7-17-8-10-20/h2-5,12-13,17H,6-11H2,1H3. The van der Waals surface area contributed by atoms with Crippen LogP contribution in [0.15, 0.2) is 36.7 Å². The second-order valence-electron chi connectivity index (χ2n) is 5.33. The Morgan fingerprint density at radius 1 is 1.24 bits per heavy atom. The lowest BCUT2D eigenvalue weighted by Crippen LogP contribution is -2.43. The number of hydrogen-bond donors (Lipinski definition) is 1. The fourth-order valence-corrected chi connectivity index (χ4v) is 2.63. The number of rotatable bonds is 5. The first-order valence-corrected chi connectivity index (χ1v) is 7.48. The van der Waals surface area contributed by atoms with Crippen molar-refractivity contribution in [2.45, 2.75) is 6.42 Å². The van der Waals surface area contributed by atoms with E-state index < -0.39 is 0 Å². The maximum Gasteiger partial charge on any atom is 0.142 e. The summed E-state index contributed by atoms with van der Waals surface area (Å²) >= 11 is 0. The minimum Gasteiger partial charge on any atom is -0.491 e. The van der Waals surface area contributed by atoms with Crippen molar-refractivity contribution in [3.63, 3.8) is 0 Å². The highest BCUT2D eigenvalue weighted by molar-refractivity contribution is 5.58. The number of benzene rings is 1. The molecule has 1 aliphatic heterocycles. The molecule has 112 valence electrons. The molecule has 0 spiro atoms. The summed E-state index contributed by atoms with van der Waals surface area (Å²) in [5.41, 5.74) is 2.40. The molecular formula is C16H22N4O. The number of anilines is 1. The zero-order valence-electron chi connectivity index (χ0n) is 12.5. The highest BCUT2D eigenvalue weighted by atomic mass is 16.5. The number of ether oxygens (including phenoxy) is 1. The van der Waals surface area contributed by atoms with Crippen LogP contribution in [0.2, 0.25) is 0 Å². The Morgan fingerprint density at radius 2 is 2.05 bits per heavy atom. The third kappa shape index (κ3) is 3.55. The van der Waals surface area contributed by atoms with Gasteiger partial charge in [-0.25, -0.2) is 0 Å². The average molecular weight is 286 g/mol. The largest absolute Gasteiger partial charge is 0.491 e. The summed E-state index contributed by atoms with van der Waals surface area (Å²) < 4.78 is 7.83. The van der Waals surface area contributed by atoms with E-state index in [-0.39, 0.29) is 0 Å². The molecule has 0 amide bonds. The second-order valence-corrected chi connectivity index (χ2v) is 5.33. The lowest BCUT2D eigenvalue weighted by atomic mass is 10.2. The smallest absolute Gasteiger partial charge is 0.142 e. The molecule has 1 fully saturated rings. The van der Waals surface area contributed by atoms with Crippen molar-refractivity contribution in [3.8, 4) is 5.75 Å². The summed E-state index contributed by atoms with van der Waals surface area (Å²) in [5, 5.41) is 7.56. The van der Waals surface area contributed by atoms with Crippen molar-refractivity contribution in [3.05, 3.63) is 42.2 Å². The van der Waals surface area contributed by atoms with Crippen LogP contribution in [0.5, 0.6) is 5.75 Å². The van der Waals surface area contributed by atoms with Crippen LogP contribution in [-0.2, 0) is 13.5 Å². The molecule has 1 saturated heterocycles. The molecule has 0 bridgehead atoms. The Morgan fingerprint density at radius 3 is 2.81 bits per heavy atom. The number of piperazine rings is 1. The predicted molar refractivity (Wildman–Crippen MR) is 83.9 cm³/mol. The van der Waals surface area contributed by atoms with Crippen molar-refractivity contribution >= 4 is 5.69 Å². The van der Waals surface area contributed by atoms with Crippen molar-refractivity contribution in [1.29, 1.82) is 0 Å². The molecule has 2 heterocycles. The Bertz CT molecular complexity index is 575. The predicted octanol–water partition coefficient (Wildman–Crippen LogP) is 1.45. The van der Waals surface area contributed by atoms with Gasteiger partial charge in [0.05, 0.1) is 18.5 Å². The van der Waals surface area contributed by atoms with Gasteiger partial charge in [0.15, 0.2) is 0 Å². The van der Waals surface area contributed by atoms with E-state index in [9.17, 15) is 0 Å². The molecular weight excluding hydrogens is 264 g/mol. The molecule has 5 nitrogen and oxygen atoms in total. The maximum absolute atomic E-state index is 6.00. The lowest BCUT2D eigenvalue weighted by Gasteiger charge is -2.30. The van der Waals surface area contributed by atoms with Crippen molar-refractivity contribution < 1.29 is 4.74 Å². The van der Waals surface area contributed by atoms with Gasteiger partial charge in [0.25, 0.3) is 0 Å². The van der Waals surface area contributed by atoms with Gasteiger partial charge in [0.1, 0.15) is 5.75 Å². The Kier molecular flexibility index (Phi) is 4.40. The summed E-state index contributed by atoms with van der Waals surface area (Å²) in [6.07, 6.45) is 4.81. The van der Waals surface area contributed by atoms with Crippen molar-refractivity contribution in [2.24, 2.45) is 7.05 Å². The number of hydrogen-bond acceptors (Lipinski definition) is 4. The van der Waals surface area contributed by atoms with E-state index in [1.165, 1.54) is 11.3 Å². The summed E-state index contributed by atoms with van der Waals surface area (Å²) in [6.45, 7) is 4.80. The molecule has 21 heavy (non-hydrogen) atoms. The molecule has 0 radical (unpaired) electrons. The van der Waals surface area contributed by atoms with Gasteiger partial charge < -0.3 is 15.0 Å². The van der Waals surface area contributed by atoms with Gasteiger partial charge in [-0.05, 0) is 17.7 Å². The SMILES string of the molecule is Cn1cc(CCOc2ccccc2N2CCNCC2)cn1. The van der Waals surface area contributed by atoms with Crippen LogP contribution < -0.4 is 15.0 Å². The molecule has 5 heteroatoms. The minimum atomic E-state index is 0.675.